The Balaban J connectivity index is 1.63. The minimum Gasteiger partial charge on any atom is -0.493 e. The van der Waals surface area contributed by atoms with Gasteiger partial charge in [0.2, 0.25) is 5.95 Å². The number of benzene rings is 2. The molecule has 1 aliphatic carbocycles. The van der Waals surface area contributed by atoms with Gasteiger partial charge in [-0.25, -0.2) is 9.37 Å². The second-order valence-corrected chi connectivity index (χ2v) is 8.76. The molecule has 2 atom stereocenters. The summed E-state index contributed by atoms with van der Waals surface area (Å²) in [6.45, 7) is 2.20. The van der Waals surface area contributed by atoms with Crippen LogP contribution in [0.5, 0.6) is 5.75 Å². The minimum atomic E-state index is -1.51. The maximum absolute atomic E-state index is 14.5. The average Bonchev–Trinajstić information content (AvgIpc) is 3.16. The summed E-state index contributed by atoms with van der Waals surface area (Å²) >= 11 is 15.4. The highest BCUT2D eigenvalue weighted by molar-refractivity contribution is 9.10. The fraction of sp³-hybridized carbons (Fsp3) is 0.182. The van der Waals surface area contributed by atoms with Gasteiger partial charge in [-0.1, -0.05) is 39.1 Å². The zero-order chi connectivity index (χ0) is 22.8. The highest BCUT2D eigenvalue weighted by Gasteiger charge is 2.30. The number of nitrogens with zero attached hydrogens (tertiary/aromatic N) is 1. The Morgan fingerprint density at radius 2 is 1.94 bits per heavy atom. The summed E-state index contributed by atoms with van der Waals surface area (Å²) in [5.74, 6) is 0.344. The quantitative estimate of drug-likeness (QED) is 0.341. The number of ether oxygens (including phenoxy) is 1. The summed E-state index contributed by atoms with van der Waals surface area (Å²) in [7, 11) is 0. The van der Waals surface area contributed by atoms with Gasteiger partial charge in [0.25, 0.3) is 5.91 Å². The summed E-state index contributed by atoms with van der Waals surface area (Å²) < 4.78 is 21.1. The van der Waals surface area contributed by atoms with E-state index in [0.717, 1.165) is 4.47 Å². The van der Waals surface area contributed by atoms with Crippen LogP contribution in [0.2, 0.25) is 0 Å². The Hall–Kier alpha value is -2.55. The number of halogens is 4. The molecule has 1 aromatic heterocycles. The van der Waals surface area contributed by atoms with Gasteiger partial charge in [0.05, 0.1) is 28.2 Å². The second-order valence-electron chi connectivity index (χ2n) is 6.97. The molecule has 0 bridgehead atoms. The van der Waals surface area contributed by atoms with E-state index in [1.54, 1.807) is 24.3 Å². The topological polar surface area (TPSA) is 79.0 Å². The van der Waals surface area contributed by atoms with E-state index in [9.17, 15) is 9.18 Å². The Bertz CT molecular complexity index is 1230. The van der Waals surface area contributed by atoms with Crippen molar-refractivity contribution >= 4 is 67.7 Å². The molecule has 0 saturated heterocycles. The molecular formula is C22H18BrCl2FN4O2. The first-order valence-electron chi connectivity index (χ1n) is 9.72. The van der Waals surface area contributed by atoms with E-state index in [4.69, 9.17) is 27.9 Å². The normalized spacial score (nSPS) is 18.2. The van der Waals surface area contributed by atoms with Crippen LogP contribution in [0, 0.1) is 0 Å². The maximum Gasteiger partial charge on any atom is 0.259 e. The van der Waals surface area contributed by atoms with Crippen molar-refractivity contribution in [2.45, 2.75) is 19.1 Å². The lowest BCUT2D eigenvalue weighted by molar-refractivity contribution is 0.102. The van der Waals surface area contributed by atoms with Crippen molar-refractivity contribution in [1.82, 2.24) is 9.97 Å². The number of nitrogens with one attached hydrogen (secondary N) is 3. The summed E-state index contributed by atoms with van der Waals surface area (Å²) in [5, 5.41) is 6.11. The third-order valence-corrected chi connectivity index (χ3v) is 6.00. The van der Waals surface area contributed by atoms with Crippen LogP contribution < -0.4 is 15.4 Å². The zero-order valence-corrected chi connectivity index (χ0v) is 19.9. The van der Waals surface area contributed by atoms with E-state index in [0.29, 0.717) is 40.6 Å². The highest BCUT2D eigenvalue weighted by Crippen LogP contribution is 2.31. The predicted molar refractivity (Wildman–Crippen MR) is 130 cm³/mol. The third-order valence-electron chi connectivity index (χ3n) is 4.78. The highest BCUT2D eigenvalue weighted by atomic mass is 79.9. The second kappa shape index (κ2) is 9.52. The number of rotatable bonds is 6. The first-order valence-corrected chi connectivity index (χ1v) is 11.3. The molecular weight excluding hydrogens is 522 g/mol. The van der Waals surface area contributed by atoms with Crippen molar-refractivity contribution in [3.63, 3.8) is 0 Å². The van der Waals surface area contributed by atoms with Crippen LogP contribution in [-0.2, 0) is 0 Å². The molecule has 166 valence electrons. The van der Waals surface area contributed by atoms with Gasteiger partial charge in [0.1, 0.15) is 11.8 Å². The van der Waals surface area contributed by atoms with Gasteiger partial charge >= 0.3 is 0 Å². The number of alkyl halides is 1. The first kappa shape index (κ1) is 22.6. The predicted octanol–water partition coefficient (Wildman–Crippen LogP) is 6.35. The van der Waals surface area contributed by atoms with E-state index in [-0.39, 0.29) is 16.0 Å². The molecule has 32 heavy (non-hydrogen) atoms. The third kappa shape index (κ3) is 4.77. The minimum absolute atomic E-state index is 0.0496. The molecule has 6 nitrogen and oxygen atoms in total. The summed E-state index contributed by atoms with van der Waals surface area (Å²) in [4.78, 5) is 20.4. The van der Waals surface area contributed by atoms with E-state index in [2.05, 4.69) is 36.5 Å². The van der Waals surface area contributed by atoms with Crippen LogP contribution in [0.25, 0.3) is 11.0 Å². The maximum atomic E-state index is 14.5. The van der Waals surface area contributed by atoms with E-state index >= 15 is 0 Å². The molecule has 3 aromatic rings. The Morgan fingerprint density at radius 1 is 1.22 bits per heavy atom. The number of anilines is 2. The summed E-state index contributed by atoms with van der Waals surface area (Å²) in [5.41, 5.74) is 2.10. The van der Waals surface area contributed by atoms with Crippen molar-refractivity contribution in [1.29, 1.82) is 0 Å². The lowest BCUT2D eigenvalue weighted by Gasteiger charge is -2.23. The molecule has 4 rings (SSSR count). The summed E-state index contributed by atoms with van der Waals surface area (Å²) in [6, 6.07) is 9.67. The van der Waals surface area contributed by atoms with Gasteiger partial charge in [0.15, 0.2) is 6.17 Å². The fourth-order valence-corrected chi connectivity index (χ4v) is 3.91. The van der Waals surface area contributed by atoms with Gasteiger partial charge in [0, 0.05) is 21.3 Å². The Morgan fingerprint density at radius 3 is 2.66 bits per heavy atom. The van der Waals surface area contributed by atoms with Gasteiger partial charge in [-0.05, 0) is 49.4 Å². The van der Waals surface area contributed by atoms with E-state index in [1.807, 2.05) is 19.1 Å². The molecule has 2 aromatic carbocycles. The van der Waals surface area contributed by atoms with Gasteiger partial charge in [-0.15, -0.1) is 0 Å². The molecule has 2 unspecified atom stereocenters. The molecule has 3 N–H and O–H groups in total. The number of hydrogen-bond donors (Lipinski definition) is 3. The van der Waals surface area contributed by atoms with Gasteiger partial charge < -0.3 is 20.4 Å². The van der Waals surface area contributed by atoms with Gasteiger partial charge in [-0.2, -0.15) is 0 Å². The molecule has 0 radical (unpaired) electrons. The number of aromatic amines is 1. The number of carbonyl (C=O) groups is 1. The molecule has 1 aliphatic rings. The van der Waals surface area contributed by atoms with Crippen molar-refractivity contribution in [3.05, 3.63) is 68.7 Å². The van der Waals surface area contributed by atoms with Crippen LogP contribution >= 0.6 is 39.1 Å². The lowest BCUT2D eigenvalue weighted by atomic mass is 10.1. The molecule has 0 aliphatic heterocycles. The largest absolute Gasteiger partial charge is 0.493 e. The van der Waals surface area contributed by atoms with Crippen LogP contribution in [-0.4, -0.2) is 34.7 Å². The number of carbonyl (C=O) groups excluding carboxylic acids is 1. The van der Waals surface area contributed by atoms with Crippen LogP contribution in [0.1, 0.15) is 17.3 Å². The van der Waals surface area contributed by atoms with Gasteiger partial charge in [-0.3, -0.25) is 4.79 Å². The fourth-order valence-electron chi connectivity index (χ4n) is 3.23. The lowest BCUT2D eigenvalue weighted by Crippen LogP contribution is -2.33. The van der Waals surface area contributed by atoms with Crippen LogP contribution in [0.3, 0.4) is 0 Å². The van der Waals surface area contributed by atoms with Crippen molar-refractivity contribution in [3.8, 4) is 5.75 Å². The molecule has 0 fully saturated rings. The summed E-state index contributed by atoms with van der Waals surface area (Å²) in [6.07, 6.45) is 1.46. The number of fused-ring (bicyclic) bond motifs is 1. The number of imidazole rings is 1. The van der Waals surface area contributed by atoms with Crippen LogP contribution in [0.4, 0.5) is 16.0 Å². The SMILES string of the molecule is CCOc1cc2nc(NC3C(Cl)=CC=C(Cl)C3F)[nH]c2cc1C(=O)Nc1ccc(Br)cc1. The number of allylic oxidation sites excluding steroid dienone is 2. The zero-order valence-electron chi connectivity index (χ0n) is 16.8. The van der Waals surface area contributed by atoms with E-state index < -0.39 is 12.2 Å². The molecule has 1 heterocycles. The average molecular weight is 540 g/mol. The van der Waals surface area contributed by atoms with Crippen molar-refractivity contribution in [2.75, 3.05) is 17.2 Å². The Kier molecular flexibility index (Phi) is 6.74. The smallest absolute Gasteiger partial charge is 0.259 e. The number of aromatic nitrogens is 2. The van der Waals surface area contributed by atoms with E-state index in [1.165, 1.54) is 12.2 Å². The molecule has 0 saturated carbocycles. The number of H-pyrrole nitrogens is 1. The van der Waals surface area contributed by atoms with Crippen LogP contribution in [0.15, 0.2) is 63.1 Å². The monoisotopic (exact) mass is 538 g/mol. The standard InChI is InChI=1S/C22H18BrCl2FN4O2/c1-2-32-18-10-17-16(9-13(18)21(31)27-12-5-3-11(23)4-6-12)28-22(29-17)30-20-15(25)8-7-14(24)19(20)26/h3-10,19-20H,2H2,1H3,(H,27,31)(H2,28,29,30). The molecule has 0 spiro atoms. The van der Waals surface area contributed by atoms with Crippen molar-refractivity contribution in [2.24, 2.45) is 0 Å². The number of amides is 1. The first-order chi connectivity index (χ1) is 15.4. The van der Waals surface area contributed by atoms with Crippen molar-refractivity contribution < 1.29 is 13.9 Å². The Labute approximate surface area is 202 Å². The number of hydrogen-bond acceptors (Lipinski definition) is 4. The molecule has 1 amide bonds. The molecule has 10 heteroatoms.